The number of hydrogen-bond acceptors (Lipinski definition) is 2. The van der Waals surface area contributed by atoms with Gasteiger partial charge in [0.15, 0.2) is 0 Å². The first-order chi connectivity index (χ1) is 8.19. The first kappa shape index (κ1) is 15.0. The smallest absolute Gasteiger partial charge is 0.104 e. The quantitative estimate of drug-likeness (QED) is 0.720. The second-order valence-corrected chi connectivity index (χ2v) is 5.74. The average Bonchev–Trinajstić information content (AvgIpc) is 2.32. The highest BCUT2D eigenvalue weighted by Gasteiger charge is 2.27. The Morgan fingerprint density at radius 1 is 1.06 bits per heavy atom. The van der Waals surface area contributed by atoms with Crippen LogP contribution in [0.5, 0.6) is 0 Å². The summed E-state index contributed by atoms with van der Waals surface area (Å²) in [6, 6.07) is 0.498. The van der Waals surface area contributed by atoms with E-state index < -0.39 is 0 Å². The Balaban J connectivity index is 2.56. The molecule has 2 nitrogen and oxygen atoms in total. The summed E-state index contributed by atoms with van der Waals surface area (Å²) >= 11 is 0. The maximum atomic E-state index is 9.79. The molecule has 0 spiro atoms. The zero-order chi connectivity index (χ0) is 12.7. The molecule has 1 fully saturated rings. The predicted molar refractivity (Wildman–Crippen MR) is 73.9 cm³/mol. The Morgan fingerprint density at radius 2 is 1.71 bits per heavy atom. The minimum absolute atomic E-state index is 0.322. The summed E-state index contributed by atoms with van der Waals surface area (Å²) in [5.41, 5.74) is 0. The summed E-state index contributed by atoms with van der Waals surface area (Å²) in [6.45, 7) is 6.68. The van der Waals surface area contributed by atoms with Gasteiger partial charge in [-0.15, -0.1) is 0 Å². The Bertz CT molecular complexity index is 195. The van der Waals surface area contributed by atoms with Crippen LogP contribution >= 0.6 is 0 Å². The summed E-state index contributed by atoms with van der Waals surface area (Å²) in [4.78, 5) is 0. The molecule has 1 saturated carbocycles. The van der Waals surface area contributed by atoms with Crippen molar-refractivity contribution in [2.75, 3.05) is 0 Å². The summed E-state index contributed by atoms with van der Waals surface area (Å²) in [6.07, 6.45) is 9.89. The van der Waals surface area contributed by atoms with Crippen molar-refractivity contribution in [2.45, 2.75) is 84.4 Å². The van der Waals surface area contributed by atoms with Crippen molar-refractivity contribution in [1.29, 1.82) is 0 Å². The molecule has 2 heteroatoms. The van der Waals surface area contributed by atoms with Crippen molar-refractivity contribution < 1.29 is 5.11 Å². The van der Waals surface area contributed by atoms with Crippen LogP contribution in [0.1, 0.15) is 72.1 Å². The minimum atomic E-state index is -0.322. The van der Waals surface area contributed by atoms with Crippen molar-refractivity contribution in [2.24, 2.45) is 11.8 Å². The average molecular weight is 241 g/mol. The maximum Gasteiger partial charge on any atom is 0.104 e. The first-order valence-electron chi connectivity index (χ1n) is 7.63. The zero-order valence-corrected chi connectivity index (χ0v) is 11.9. The Kier molecular flexibility index (Phi) is 7.14. The Hall–Kier alpha value is -0.0800. The summed E-state index contributed by atoms with van der Waals surface area (Å²) < 4.78 is 0. The molecule has 0 aliphatic heterocycles. The number of nitrogens with one attached hydrogen (secondary N) is 1. The molecule has 0 radical (unpaired) electrons. The molecule has 17 heavy (non-hydrogen) atoms. The normalized spacial score (nSPS) is 30.4. The van der Waals surface area contributed by atoms with Gasteiger partial charge in [0, 0.05) is 6.04 Å². The van der Waals surface area contributed by atoms with Crippen molar-refractivity contribution in [3.8, 4) is 0 Å². The van der Waals surface area contributed by atoms with E-state index in [0.717, 1.165) is 24.7 Å². The molecule has 1 aliphatic carbocycles. The molecule has 0 bridgehead atoms. The third-order valence-electron chi connectivity index (χ3n) is 4.43. The van der Waals surface area contributed by atoms with Crippen molar-refractivity contribution in [1.82, 2.24) is 5.32 Å². The summed E-state index contributed by atoms with van der Waals surface area (Å²) in [7, 11) is 0. The number of hydrogen-bond donors (Lipinski definition) is 2. The van der Waals surface area contributed by atoms with Gasteiger partial charge in [0.2, 0.25) is 0 Å². The molecule has 2 N–H and O–H groups in total. The molecule has 0 aromatic carbocycles. The van der Waals surface area contributed by atoms with Crippen LogP contribution in [0.15, 0.2) is 0 Å². The van der Waals surface area contributed by atoms with E-state index in [1.807, 2.05) is 6.92 Å². The maximum absolute atomic E-state index is 9.79. The fourth-order valence-electron chi connectivity index (χ4n) is 3.21. The lowest BCUT2D eigenvalue weighted by Crippen LogP contribution is -2.44. The fourth-order valence-corrected chi connectivity index (χ4v) is 3.21. The molecular weight excluding hydrogens is 210 g/mol. The minimum Gasteiger partial charge on any atom is -0.379 e. The van der Waals surface area contributed by atoms with Crippen LogP contribution in [0.4, 0.5) is 0 Å². The lowest BCUT2D eigenvalue weighted by molar-refractivity contribution is 0.0875. The van der Waals surface area contributed by atoms with Crippen molar-refractivity contribution in [3.05, 3.63) is 0 Å². The lowest BCUT2D eigenvalue weighted by atomic mass is 9.77. The van der Waals surface area contributed by atoms with Crippen LogP contribution < -0.4 is 5.32 Å². The van der Waals surface area contributed by atoms with Gasteiger partial charge in [-0.05, 0) is 31.1 Å². The van der Waals surface area contributed by atoms with Crippen LogP contribution in [0.2, 0.25) is 0 Å². The number of aliphatic hydroxyl groups excluding tert-OH is 1. The zero-order valence-electron chi connectivity index (χ0n) is 11.9. The van der Waals surface area contributed by atoms with Gasteiger partial charge in [0.1, 0.15) is 6.23 Å². The van der Waals surface area contributed by atoms with Gasteiger partial charge >= 0.3 is 0 Å². The van der Waals surface area contributed by atoms with Crippen LogP contribution in [-0.2, 0) is 0 Å². The molecule has 0 amide bonds. The van der Waals surface area contributed by atoms with Gasteiger partial charge in [-0.2, -0.15) is 0 Å². The van der Waals surface area contributed by atoms with Gasteiger partial charge in [0.05, 0.1) is 0 Å². The van der Waals surface area contributed by atoms with Crippen LogP contribution in [0.25, 0.3) is 0 Å². The van der Waals surface area contributed by atoms with Gasteiger partial charge in [0.25, 0.3) is 0 Å². The van der Waals surface area contributed by atoms with E-state index in [0.29, 0.717) is 6.04 Å². The topological polar surface area (TPSA) is 32.3 Å². The van der Waals surface area contributed by atoms with Crippen molar-refractivity contribution in [3.63, 3.8) is 0 Å². The molecule has 0 saturated heterocycles. The molecule has 0 heterocycles. The van der Waals surface area contributed by atoms with E-state index in [-0.39, 0.29) is 6.23 Å². The molecule has 1 rings (SSSR count). The first-order valence-corrected chi connectivity index (χ1v) is 7.63. The van der Waals surface area contributed by atoms with E-state index in [9.17, 15) is 5.11 Å². The number of aliphatic hydroxyl groups is 1. The van der Waals surface area contributed by atoms with Gasteiger partial charge in [-0.1, -0.05) is 52.9 Å². The molecular formula is C15H31NO. The van der Waals surface area contributed by atoms with Crippen LogP contribution in [0.3, 0.4) is 0 Å². The Morgan fingerprint density at radius 3 is 2.29 bits per heavy atom. The van der Waals surface area contributed by atoms with Gasteiger partial charge in [-0.3, -0.25) is 5.32 Å². The highest BCUT2D eigenvalue weighted by molar-refractivity contribution is 4.81. The third-order valence-corrected chi connectivity index (χ3v) is 4.43. The summed E-state index contributed by atoms with van der Waals surface area (Å²) in [5.74, 6) is 1.55. The van der Waals surface area contributed by atoms with E-state index in [1.165, 1.54) is 38.5 Å². The highest BCUT2D eigenvalue weighted by Crippen LogP contribution is 2.31. The predicted octanol–water partition coefficient (Wildman–Crippen LogP) is 3.69. The second kappa shape index (κ2) is 8.10. The van der Waals surface area contributed by atoms with Crippen LogP contribution in [0, 0.1) is 11.8 Å². The van der Waals surface area contributed by atoms with Crippen molar-refractivity contribution >= 4 is 0 Å². The fraction of sp³-hybridized carbons (Fsp3) is 1.00. The summed E-state index contributed by atoms with van der Waals surface area (Å²) in [5, 5.41) is 13.2. The van der Waals surface area contributed by atoms with E-state index in [1.54, 1.807) is 0 Å². The molecule has 1 aliphatic rings. The van der Waals surface area contributed by atoms with E-state index in [2.05, 4.69) is 19.2 Å². The van der Waals surface area contributed by atoms with Gasteiger partial charge < -0.3 is 5.11 Å². The lowest BCUT2D eigenvalue weighted by Gasteiger charge is -2.35. The molecule has 0 aromatic heterocycles. The van der Waals surface area contributed by atoms with Gasteiger partial charge in [-0.25, -0.2) is 0 Å². The number of rotatable bonds is 5. The standard InChI is InChI=1S/C15H31NO/c1-4-14(16-15(17)5-2)13-11-9-7-6-8-10-12(13)3/h12-17H,4-11H2,1-3H3. The SMILES string of the molecule is CCC(O)NC(CC)C1CCCCCCC1C. The van der Waals surface area contributed by atoms with Crippen LogP contribution in [-0.4, -0.2) is 17.4 Å². The molecule has 4 atom stereocenters. The molecule has 0 aromatic rings. The molecule has 4 unspecified atom stereocenters. The monoisotopic (exact) mass is 241 g/mol. The van der Waals surface area contributed by atoms with E-state index in [4.69, 9.17) is 0 Å². The van der Waals surface area contributed by atoms with E-state index >= 15 is 0 Å². The molecule has 102 valence electrons. The second-order valence-electron chi connectivity index (χ2n) is 5.74. The largest absolute Gasteiger partial charge is 0.379 e. The highest BCUT2D eigenvalue weighted by atomic mass is 16.3. The Labute approximate surface area is 107 Å². The third kappa shape index (κ3) is 4.97.